The Morgan fingerprint density at radius 1 is 1.52 bits per heavy atom. The molecule has 0 atom stereocenters. The lowest BCUT2D eigenvalue weighted by atomic mass is 10.2. The Morgan fingerprint density at radius 3 is 2.67 bits per heavy atom. The second kappa shape index (κ2) is 7.70. The maximum atomic E-state index is 14.3. The summed E-state index contributed by atoms with van der Waals surface area (Å²) in [5.74, 6) is -0.269. The van der Waals surface area contributed by atoms with Crippen LogP contribution in [0, 0.1) is 11.7 Å². The van der Waals surface area contributed by atoms with Crippen molar-refractivity contribution < 1.29 is 9.18 Å². The predicted molar refractivity (Wildman–Crippen MR) is 91.1 cm³/mol. The van der Waals surface area contributed by atoms with Gasteiger partial charge in [-0.15, -0.1) is 0 Å². The highest BCUT2D eigenvalue weighted by Gasteiger charge is 2.17. The van der Waals surface area contributed by atoms with E-state index in [4.69, 9.17) is 18.0 Å². The van der Waals surface area contributed by atoms with Crippen molar-refractivity contribution in [2.75, 3.05) is 25.0 Å². The van der Waals surface area contributed by atoms with Crippen molar-refractivity contribution in [2.24, 2.45) is 11.7 Å². The number of halogens is 2. The quantitative estimate of drug-likeness (QED) is 0.749. The third-order valence-corrected chi connectivity index (χ3v) is 3.82. The Morgan fingerprint density at radius 2 is 2.14 bits per heavy atom. The Hall–Kier alpha value is -1.21. The van der Waals surface area contributed by atoms with E-state index in [1.165, 1.54) is 0 Å². The van der Waals surface area contributed by atoms with Crippen LogP contribution >= 0.6 is 28.1 Å². The maximum Gasteiger partial charge on any atom is 0.239 e. The van der Waals surface area contributed by atoms with Gasteiger partial charge in [-0.3, -0.25) is 4.79 Å². The zero-order valence-electron chi connectivity index (χ0n) is 12.2. The highest BCUT2D eigenvalue weighted by Crippen LogP contribution is 2.28. The Bertz CT molecular complexity index is 551. The number of benzene rings is 1. The van der Waals surface area contributed by atoms with Gasteiger partial charge in [0.1, 0.15) is 4.99 Å². The molecule has 0 unspecified atom stereocenters. The average molecular weight is 376 g/mol. The van der Waals surface area contributed by atoms with Crippen LogP contribution in [0.4, 0.5) is 10.1 Å². The van der Waals surface area contributed by atoms with E-state index in [0.29, 0.717) is 23.7 Å². The first-order valence-electron chi connectivity index (χ1n) is 6.49. The Balaban J connectivity index is 2.84. The van der Waals surface area contributed by atoms with Crippen molar-refractivity contribution in [1.82, 2.24) is 5.32 Å². The van der Waals surface area contributed by atoms with Crippen molar-refractivity contribution in [3.05, 3.63) is 28.0 Å². The van der Waals surface area contributed by atoms with Gasteiger partial charge in [-0.25, -0.2) is 4.39 Å². The second-order valence-corrected chi connectivity index (χ2v) is 6.41. The summed E-state index contributed by atoms with van der Waals surface area (Å²) in [6.45, 7) is 4.69. The van der Waals surface area contributed by atoms with E-state index in [1.54, 1.807) is 24.1 Å². The number of nitrogens with zero attached hydrogens (tertiary/aromatic N) is 1. The molecule has 1 aromatic rings. The molecule has 1 aromatic carbocycles. The van der Waals surface area contributed by atoms with Crippen LogP contribution in [-0.4, -0.2) is 31.0 Å². The molecule has 0 spiro atoms. The smallest absolute Gasteiger partial charge is 0.239 e. The SMILES string of the molecule is CC(C)CNC(=O)CN(C)c1ccc(C(N)=S)c(Br)c1F. The number of rotatable bonds is 6. The summed E-state index contributed by atoms with van der Waals surface area (Å²) in [5.41, 5.74) is 6.26. The molecule has 0 saturated carbocycles. The number of hydrogen-bond acceptors (Lipinski definition) is 3. The van der Waals surface area contributed by atoms with Crippen molar-refractivity contribution in [3.63, 3.8) is 0 Å². The maximum absolute atomic E-state index is 14.3. The van der Waals surface area contributed by atoms with Crippen LogP contribution in [0.1, 0.15) is 19.4 Å². The molecule has 1 rings (SSSR count). The summed E-state index contributed by atoms with van der Waals surface area (Å²) in [4.78, 5) is 13.4. The van der Waals surface area contributed by atoms with Crippen molar-refractivity contribution in [2.45, 2.75) is 13.8 Å². The van der Waals surface area contributed by atoms with Crippen molar-refractivity contribution >= 4 is 44.7 Å². The molecule has 21 heavy (non-hydrogen) atoms. The zero-order valence-corrected chi connectivity index (χ0v) is 14.6. The minimum atomic E-state index is -0.487. The molecular formula is C14H19BrFN3OS. The standard InChI is InChI=1S/C14H19BrFN3OS/c1-8(2)6-18-11(20)7-19(3)10-5-4-9(14(17)21)12(15)13(10)16/h4-5,8H,6-7H2,1-3H3,(H2,17,21)(H,18,20). The normalized spacial score (nSPS) is 10.6. The van der Waals surface area contributed by atoms with E-state index >= 15 is 0 Å². The van der Waals surface area contributed by atoms with Crippen LogP contribution in [-0.2, 0) is 4.79 Å². The molecule has 3 N–H and O–H groups in total. The van der Waals surface area contributed by atoms with Crippen LogP contribution in [0.5, 0.6) is 0 Å². The van der Waals surface area contributed by atoms with Gasteiger partial charge in [0, 0.05) is 19.2 Å². The zero-order chi connectivity index (χ0) is 16.2. The number of likely N-dealkylation sites (N-methyl/N-ethyl adjacent to an activating group) is 1. The number of anilines is 1. The van der Waals surface area contributed by atoms with Gasteiger partial charge in [-0.05, 0) is 34.0 Å². The molecule has 0 fully saturated rings. The molecule has 0 heterocycles. The summed E-state index contributed by atoms with van der Waals surface area (Å²) < 4.78 is 14.5. The molecule has 1 amide bonds. The minimum Gasteiger partial charge on any atom is -0.389 e. The van der Waals surface area contributed by atoms with E-state index < -0.39 is 5.82 Å². The summed E-state index contributed by atoms with van der Waals surface area (Å²) in [6, 6.07) is 3.19. The monoisotopic (exact) mass is 375 g/mol. The number of hydrogen-bond donors (Lipinski definition) is 2. The predicted octanol–water partition coefficient (Wildman–Crippen LogP) is 2.43. The highest BCUT2D eigenvalue weighted by atomic mass is 79.9. The van der Waals surface area contributed by atoms with Gasteiger partial charge in [-0.2, -0.15) is 0 Å². The average Bonchev–Trinajstić information content (AvgIpc) is 2.38. The molecule has 7 heteroatoms. The lowest BCUT2D eigenvalue weighted by Gasteiger charge is -2.21. The highest BCUT2D eigenvalue weighted by molar-refractivity contribution is 9.10. The number of carbonyl (C=O) groups is 1. The number of thiocarbonyl (C=S) groups is 1. The fourth-order valence-electron chi connectivity index (χ4n) is 1.70. The largest absolute Gasteiger partial charge is 0.389 e. The lowest BCUT2D eigenvalue weighted by molar-refractivity contribution is -0.119. The molecule has 0 aliphatic heterocycles. The van der Waals surface area contributed by atoms with Gasteiger partial charge < -0.3 is 16.0 Å². The van der Waals surface area contributed by atoms with E-state index in [1.807, 2.05) is 13.8 Å². The van der Waals surface area contributed by atoms with Gasteiger partial charge in [0.25, 0.3) is 0 Å². The third kappa shape index (κ3) is 4.93. The van der Waals surface area contributed by atoms with Crippen LogP contribution in [0.25, 0.3) is 0 Å². The van der Waals surface area contributed by atoms with Crippen LogP contribution in [0.3, 0.4) is 0 Å². The van der Waals surface area contributed by atoms with E-state index in [2.05, 4.69) is 21.2 Å². The van der Waals surface area contributed by atoms with Crippen LogP contribution < -0.4 is 16.0 Å². The lowest BCUT2D eigenvalue weighted by Crippen LogP contribution is -2.37. The molecule has 0 bridgehead atoms. The fourth-order valence-corrected chi connectivity index (χ4v) is 2.55. The molecule has 0 saturated heterocycles. The van der Waals surface area contributed by atoms with Crippen molar-refractivity contribution in [1.29, 1.82) is 0 Å². The molecule has 0 radical (unpaired) electrons. The number of nitrogens with one attached hydrogen (secondary N) is 1. The fraction of sp³-hybridized carbons (Fsp3) is 0.429. The topological polar surface area (TPSA) is 58.4 Å². The van der Waals surface area contributed by atoms with Gasteiger partial charge in [-0.1, -0.05) is 26.1 Å². The Kier molecular flexibility index (Phi) is 6.54. The van der Waals surface area contributed by atoms with E-state index in [0.717, 1.165) is 0 Å². The molecule has 4 nitrogen and oxygen atoms in total. The number of carbonyl (C=O) groups excluding carboxylic acids is 1. The van der Waals surface area contributed by atoms with E-state index in [9.17, 15) is 9.18 Å². The molecular weight excluding hydrogens is 357 g/mol. The summed E-state index contributed by atoms with van der Waals surface area (Å²) in [7, 11) is 1.65. The van der Waals surface area contributed by atoms with Crippen molar-refractivity contribution in [3.8, 4) is 0 Å². The molecule has 116 valence electrons. The summed E-state index contributed by atoms with van der Waals surface area (Å²) >= 11 is 8.00. The Labute approximate surface area is 138 Å². The first kappa shape index (κ1) is 17.8. The van der Waals surface area contributed by atoms with Gasteiger partial charge in [0.05, 0.1) is 16.7 Å². The molecule has 0 aromatic heterocycles. The van der Waals surface area contributed by atoms with E-state index in [-0.39, 0.29) is 21.9 Å². The summed E-state index contributed by atoms with van der Waals surface area (Å²) in [5, 5.41) is 2.79. The van der Waals surface area contributed by atoms with Crippen LogP contribution in [0.15, 0.2) is 16.6 Å². The van der Waals surface area contributed by atoms with Crippen LogP contribution in [0.2, 0.25) is 0 Å². The molecule has 0 aliphatic rings. The minimum absolute atomic E-state index is 0.0719. The number of amides is 1. The van der Waals surface area contributed by atoms with Gasteiger partial charge in [0.15, 0.2) is 5.82 Å². The van der Waals surface area contributed by atoms with Gasteiger partial charge in [0.2, 0.25) is 5.91 Å². The first-order chi connectivity index (χ1) is 9.73. The second-order valence-electron chi connectivity index (χ2n) is 5.18. The first-order valence-corrected chi connectivity index (χ1v) is 7.69. The van der Waals surface area contributed by atoms with Gasteiger partial charge >= 0.3 is 0 Å². The number of nitrogens with two attached hydrogens (primary N) is 1. The molecule has 0 aliphatic carbocycles. The summed E-state index contributed by atoms with van der Waals surface area (Å²) in [6.07, 6.45) is 0. The third-order valence-electron chi connectivity index (χ3n) is 2.83.